The highest BCUT2D eigenvalue weighted by atomic mass is 15.2. The molecule has 0 spiro atoms. The fraction of sp³-hybridized carbons (Fsp3) is 0.0667. The highest BCUT2D eigenvalue weighted by Gasteiger charge is 2.24. The smallest absolute Gasteiger partial charge is 0.133 e. The number of hydrogen-bond acceptors (Lipinski definition) is 2. The maximum absolute atomic E-state index is 8.92. The molecule has 0 atom stereocenters. The quantitative estimate of drug-likeness (QED) is 0.823. The maximum Gasteiger partial charge on any atom is 0.133 e. The number of fused-ring (bicyclic) bond motifs is 1. The van der Waals surface area contributed by atoms with Gasteiger partial charge in [-0.3, -0.25) is 5.41 Å². The first-order valence-corrected chi connectivity index (χ1v) is 5.74. The standard InChI is InChI=1S/C15H11N3/c16-9-11-4-3-6-13(8-11)18-10-12-5-1-2-7-14(12)15(18)17/h1-8,17H,10H2. The average Bonchev–Trinajstić information content (AvgIpc) is 2.77. The third kappa shape index (κ3) is 1.56. The number of anilines is 1. The van der Waals surface area contributed by atoms with E-state index < -0.39 is 0 Å². The van der Waals surface area contributed by atoms with Gasteiger partial charge in [0.05, 0.1) is 18.2 Å². The van der Waals surface area contributed by atoms with Gasteiger partial charge < -0.3 is 4.90 Å². The van der Waals surface area contributed by atoms with E-state index in [-0.39, 0.29) is 0 Å². The molecule has 3 rings (SSSR count). The molecule has 0 saturated carbocycles. The van der Waals surface area contributed by atoms with Crippen LogP contribution in [0.2, 0.25) is 0 Å². The molecule has 0 aliphatic carbocycles. The van der Waals surface area contributed by atoms with E-state index in [1.165, 1.54) is 0 Å². The Kier molecular flexibility index (Phi) is 2.35. The van der Waals surface area contributed by atoms with Gasteiger partial charge in [0.2, 0.25) is 0 Å². The minimum atomic E-state index is 0.501. The molecule has 0 radical (unpaired) electrons. The molecule has 0 amide bonds. The topological polar surface area (TPSA) is 50.9 Å². The summed E-state index contributed by atoms with van der Waals surface area (Å²) in [7, 11) is 0. The van der Waals surface area contributed by atoms with E-state index in [1.54, 1.807) is 6.07 Å². The molecule has 18 heavy (non-hydrogen) atoms. The summed E-state index contributed by atoms with van der Waals surface area (Å²) >= 11 is 0. The first-order chi connectivity index (χ1) is 8.79. The minimum Gasteiger partial charge on any atom is -0.322 e. The SMILES string of the molecule is N#Cc1cccc(N2Cc3ccccc3C2=N)c1. The summed E-state index contributed by atoms with van der Waals surface area (Å²) in [4.78, 5) is 1.92. The first-order valence-electron chi connectivity index (χ1n) is 5.74. The van der Waals surface area contributed by atoms with E-state index in [1.807, 2.05) is 47.4 Å². The Morgan fingerprint density at radius 1 is 1.11 bits per heavy atom. The molecule has 3 nitrogen and oxygen atoms in total. The van der Waals surface area contributed by atoms with Crippen molar-refractivity contribution in [3.8, 4) is 6.07 Å². The second-order valence-electron chi connectivity index (χ2n) is 4.25. The largest absolute Gasteiger partial charge is 0.322 e. The van der Waals surface area contributed by atoms with Crippen LogP contribution >= 0.6 is 0 Å². The van der Waals surface area contributed by atoms with Crippen LogP contribution in [0.5, 0.6) is 0 Å². The summed E-state index contributed by atoms with van der Waals surface area (Å²) in [6.45, 7) is 0.698. The van der Waals surface area contributed by atoms with Crippen molar-refractivity contribution in [2.75, 3.05) is 4.90 Å². The van der Waals surface area contributed by atoms with Gasteiger partial charge in [0.25, 0.3) is 0 Å². The van der Waals surface area contributed by atoms with Crippen LogP contribution in [0.1, 0.15) is 16.7 Å². The Bertz CT molecular complexity index is 667. The van der Waals surface area contributed by atoms with Crippen molar-refractivity contribution >= 4 is 11.5 Å². The van der Waals surface area contributed by atoms with Crippen molar-refractivity contribution in [1.82, 2.24) is 0 Å². The fourth-order valence-corrected chi connectivity index (χ4v) is 2.25. The normalized spacial score (nSPS) is 13.3. The van der Waals surface area contributed by atoms with E-state index in [4.69, 9.17) is 10.7 Å². The number of nitriles is 1. The second-order valence-corrected chi connectivity index (χ2v) is 4.25. The van der Waals surface area contributed by atoms with Crippen molar-refractivity contribution in [2.45, 2.75) is 6.54 Å². The summed E-state index contributed by atoms with van der Waals surface area (Å²) in [5.41, 5.74) is 3.65. The van der Waals surface area contributed by atoms with Gasteiger partial charge in [-0.2, -0.15) is 5.26 Å². The van der Waals surface area contributed by atoms with Crippen LogP contribution in [-0.2, 0) is 6.54 Å². The van der Waals surface area contributed by atoms with Crippen molar-refractivity contribution in [1.29, 1.82) is 10.7 Å². The molecule has 1 N–H and O–H groups in total. The predicted molar refractivity (Wildman–Crippen MR) is 70.6 cm³/mol. The lowest BCUT2D eigenvalue weighted by Crippen LogP contribution is -2.22. The van der Waals surface area contributed by atoms with Crippen molar-refractivity contribution in [3.63, 3.8) is 0 Å². The first kappa shape index (κ1) is 10.5. The van der Waals surface area contributed by atoms with Crippen LogP contribution in [-0.4, -0.2) is 5.84 Å². The summed E-state index contributed by atoms with van der Waals surface area (Å²) in [5.74, 6) is 0.501. The molecule has 0 aromatic heterocycles. The molecule has 86 valence electrons. The molecule has 0 unspecified atom stereocenters. The van der Waals surface area contributed by atoms with Crippen LogP contribution in [0.3, 0.4) is 0 Å². The number of amidine groups is 1. The summed E-state index contributed by atoms with van der Waals surface area (Å²) in [5, 5.41) is 17.1. The molecule has 0 bridgehead atoms. The Hall–Kier alpha value is -2.60. The van der Waals surface area contributed by atoms with Crippen LogP contribution in [0.15, 0.2) is 48.5 Å². The number of benzene rings is 2. The molecule has 2 aromatic rings. The average molecular weight is 233 g/mol. The van der Waals surface area contributed by atoms with Gasteiger partial charge in [-0.25, -0.2) is 0 Å². The lowest BCUT2D eigenvalue weighted by atomic mass is 10.1. The maximum atomic E-state index is 8.92. The van der Waals surface area contributed by atoms with Gasteiger partial charge >= 0.3 is 0 Å². The molecule has 1 aliphatic rings. The lowest BCUT2D eigenvalue weighted by molar-refractivity contribution is 1.05. The molecule has 0 fully saturated rings. The number of rotatable bonds is 1. The van der Waals surface area contributed by atoms with Gasteiger partial charge in [-0.15, -0.1) is 0 Å². The van der Waals surface area contributed by atoms with Crippen LogP contribution < -0.4 is 4.90 Å². The number of nitrogens with one attached hydrogen (secondary N) is 1. The molecular weight excluding hydrogens is 222 g/mol. The van der Waals surface area contributed by atoms with Gasteiger partial charge in [0, 0.05) is 11.3 Å². The third-order valence-electron chi connectivity index (χ3n) is 3.16. The fourth-order valence-electron chi connectivity index (χ4n) is 2.25. The van der Waals surface area contributed by atoms with Crippen LogP contribution in [0, 0.1) is 16.7 Å². The Balaban J connectivity index is 2.02. The molecule has 1 aliphatic heterocycles. The number of hydrogen-bond donors (Lipinski definition) is 1. The van der Waals surface area contributed by atoms with E-state index in [0.29, 0.717) is 17.9 Å². The van der Waals surface area contributed by atoms with E-state index in [0.717, 1.165) is 16.8 Å². The highest BCUT2D eigenvalue weighted by Crippen LogP contribution is 2.28. The minimum absolute atomic E-state index is 0.501. The zero-order valence-electron chi connectivity index (χ0n) is 9.72. The second kappa shape index (κ2) is 4.01. The van der Waals surface area contributed by atoms with Crippen molar-refractivity contribution < 1.29 is 0 Å². The van der Waals surface area contributed by atoms with Crippen LogP contribution in [0.4, 0.5) is 5.69 Å². The van der Waals surface area contributed by atoms with Gasteiger partial charge in [0.15, 0.2) is 0 Å². The molecule has 2 aromatic carbocycles. The Morgan fingerprint density at radius 3 is 2.72 bits per heavy atom. The Labute approximate surface area is 105 Å². The van der Waals surface area contributed by atoms with Gasteiger partial charge in [-0.1, -0.05) is 30.3 Å². The van der Waals surface area contributed by atoms with E-state index >= 15 is 0 Å². The van der Waals surface area contributed by atoms with Crippen molar-refractivity contribution in [3.05, 3.63) is 65.2 Å². The molecular formula is C15H11N3. The Morgan fingerprint density at radius 2 is 1.94 bits per heavy atom. The third-order valence-corrected chi connectivity index (χ3v) is 3.16. The predicted octanol–water partition coefficient (Wildman–Crippen LogP) is 2.90. The van der Waals surface area contributed by atoms with Crippen LogP contribution in [0.25, 0.3) is 0 Å². The van der Waals surface area contributed by atoms with E-state index in [9.17, 15) is 0 Å². The molecule has 0 saturated heterocycles. The van der Waals surface area contributed by atoms with Gasteiger partial charge in [0.1, 0.15) is 5.84 Å². The van der Waals surface area contributed by atoms with E-state index in [2.05, 4.69) is 6.07 Å². The number of nitrogens with zero attached hydrogens (tertiary/aromatic N) is 2. The summed E-state index contributed by atoms with van der Waals surface area (Å²) in [6.07, 6.45) is 0. The molecule has 1 heterocycles. The zero-order valence-corrected chi connectivity index (χ0v) is 9.72. The zero-order chi connectivity index (χ0) is 12.5. The molecule has 3 heteroatoms. The monoisotopic (exact) mass is 233 g/mol. The summed E-state index contributed by atoms with van der Waals surface area (Å²) < 4.78 is 0. The van der Waals surface area contributed by atoms with Crippen molar-refractivity contribution in [2.24, 2.45) is 0 Å². The highest BCUT2D eigenvalue weighted by molar-refractivity contribution is 6.11. The van der Waals surface area contributed by atoms with Gasteiger partial charge in [-0.05, 0) is 23.8 Å². The lowest BCUT2D eigenvalue weighted by Gasteiger charge is -2.18. The summed E-state index contributed by atoms with van der Waals surface area (Å²) in [6, 6.07) is 17.4.